The van der Waals surface area contributed by atoms with Crippen LogP contribution in [0.25, 0.3) is 0 Å². The van der Waals surface area contributed by atoms with Gasteiger partial charge in [-0.3, -0.25) is 9.89 Å². The Morgan fingerprint density at radius 2 is 1.92 bits per heavy atom. The highest BCUT2D eigenvalue weighted by molar-refractivity contribution is 5.94. The van der Waals surface area contributed by atoms with Crippen molar-refractivity contribution in [2.45, 2.75) is 18.9 Å². The van der Waals surface area contributed by atoms with E-state index in [4.69, 9.17) is 0 Å². The molecule has 2 heterocycles. The van der Waals surface area contributed by atoms with Gasteiger partial charge in [0.15, 0.2) is 0 Å². The fraction of sp³-hybridized carbons (Fsp3) is 0.211. The number of hydrogen-bond donors (Lipinski definition) is 3. The molecule has 0 bridgehead atoms. The minimum absolute atomic E-state index is 0.166. The Morgan fingerprint density at radius 1 is 1.12 bits per heavy atom. The lowest BCUT2D eigenvalue weighted by atomic mass is 10.0. The summed E-state index contributed by atoms with van der Waals surface area (Å²) in [4.78, 5) is 16.8. The molecule has 2 aromatic heterocycles. The Balaban J connectivity index is 1.69. The molecule has 128 valence electrons. The van der Waals surface area contributed by atoms with Gasteiger partial charge < -0.3 is 10.6 Å². The number of aromatic amines is 1. The maximum atomic E-state index is 12.7. The molecule has 6 nitrogen and oxygen atoms in total. The van der Waals surface area contributed by atoms with Crippen LogP contribution in [0.3, 0.4) is 0 Å². The van der Waals surface area contributed by atoms with Crippen molar-refractivity contribution in [2.24, 2.45) is 0 Å². The van der Waals surface area contributed by atoms with Crippen LogP contribution in [-0.2, 0) is 4.79 Å². The number of benzene rings is 1. The molecule has 0 radical (unpaired) electrons. The fourth-order valence-corrected chi connectivity index (χ4v) is 2.61. The topological polar surface area (TPSA) is 82.7 Å². The lowest BCUT2D eigenvalue weighted by Gasteiger charge is -2.20. The Morgan fingerprint density at radius 3 is 2.60 bits per heavy atom. The van der Waals surface area contributed by atoms with Gasteiger partial charge in [-0.25, -0.2) is 4.98 Å². The number of nitrogens with zero attached hydrogens (tertiary/aromatic N) is 2. The van der Waals surface area contributed by atoms with E-state index >= 15 is 0 Å². The summed E-state index contributed by atoms with van der Waals surface area (Å²) in [7, 11) is 0. The van der Waals surface area contributed by atoms with Crippen molar-refractivity contribution in [3.8, 4) is 0 Å². The van der Waals surface area contributed by atoms with Crippen molar-refractivity contribution in [1.82, 2.24) is 20.5 Å². The molecule has 0 aliphatic carbocycles. The van der Waals surface area contributed by atoms with Gasteiger partial charge in [0.2, 0.25) is 5.91 Å². The zero-order chi connectivity index (χ0) is 17.5. The monoisotopic (exact) mass is 335 g/mol. The minimum Gasteiger partial charge on any atom is -0.309 e. The normalized spacial score (nSPS) is 13.2. The van der Waals surface area contributed by atoms with Crippen LogP contribution < -0.4 is 10.6 Å². The highest BCUT2D eigenvalue weighted by atomic mass is 16.2. The summed E-state index contributed by atoms with van der Waals surface area (Å²) in [6.07, 6.45) is 5.03. The number of H-pyrrole nitrogens is 1. The van der Waals surface area contributed by atoms with Gasteiger partial charge in [-0.05, 0) is 23.6 Å². The van der Waals surface area contributed by atoms with E-state index in [2.05, 4.69) is 44.9 Å². The first kappa shape index (κ1) is 16.9. The summed E-state index contributed by atoms with van der Waals surface area (Å²) in [5.41, 5.74) is 2.01. The van der Waals surface area contributed by atoms with Crippen LogP contribution in [-0.4, -0.2) is 27.6 Å². The molecule has 1 amide bonds. The van der Waals surface area contributed by atoms with E-state index < -0.39 is 6.04 Å². The molecule has 0 aliphatic heterocycles. The third-order valence-corrected chi connectivity index (χ3v) is 4.03. The highest BCUT2D eigenvalue weighted by Gasteiger charge is 2.22. The predicted molar refractivity (Wildman–Crippen MR) is 97.1 cm³/mol. The van der Waals surface area contributed by atoms with Gasteiger partial charge in [-0.15, -0.1) is 0 Å². The largest absolute Gasteiger partial charge is 0.309 e. The molecule has 1 unspecified atom stereocenters. The molecule has 6 heteroatoms. The van der Waals surface area contributed by atoms with Gasteiger partial charge in [0, 0.05) is 24.5 Å². The molecule has 3 rings (SSSR count). The highest BCUT2D eigenvalue weighted by Crippen LogP contribution is 2.18. The van der Waals surface area contributed by atoms with E-state index in [0.29, 0.717) is 12.4 Å². The first-order valence-corrected chi connectivity index (χ1v) is 8.23. The quantitative estimate of drug-likeness (QED) is 0.620. The Bertz CT molecular complexity index is 774. The van der Waals surface area contributed by atoms with Crippen LogP contribution in [0.2, 0.25) is 0 Å². The average molecular weight is 335 g/mol. The van der Waals surface area contributed by atoms with E-state index in [9.17, 15) is 4.79 Å². The molecule has 25 heavy (non-hydrogen) atoms. The van der Waals surface area contributed by atoms with Crippen molar-refractivity contribution < 1.29 is 4.79 Å². The number of pyridine rings is 1. The molecule has 3 aromatic rings. The number of nitrogens with one attached hydrogen (secondary N) is 3. The molecular weight excluding hydrogens is 314 g/mol. The number of rotatable bonds is 7. The van der Waals surface area contributed by atoms with Gasteiger partial charge in [0.25, 0.3) is 0 Å². The zero-order valence-corrected chi connectivity index (χ0v) is 14.0. The SMILES string of the molecule is CC(CN[C@H](C(=O)Nc1ccccn1)c1cn[nH]c1)c1ccccc1. The summed E-state index contributed by atoms with van der Waals surface area (Å²) in [5.74, 6) is 0.637. The van der Waals surface area contributed by atoms with Crippen molar-refractivity contribution in [1.29, 1.82) is 0 Å². The van der Waals surface area contributed by atoms with Gasteiger partial charge in [0.1, 0.15) is 11.9 Å². The molecule has 1 aromatic carbocycles. The van der Waals surface area contributed by atoms with Crippen molar-refractivity contribution in [3.05, 3.63) is 78.2 Å². The van der Waals surface area contributed by atoms with E-state index in [-0.39, 0.29) is 11.8 Å². The Kier molecular flexibility index (Phi) is 5.53. The lowest BCUT2D eigenvalue weighted by molar-refractivity contribution is -0.118. The van der Waals surface area contributed by atoms with Crippen LogP contribution in [0, 0.1) is 0 Å². The Labute approximate surface area is 146 Å². The van der Waals surface area contributed by atoms with Crippen LogP contribution in [0.15, 0.2) is 67.1 Å². The molecular formula is C19H21N5O. The lowest BCUT2D eigenvalue weighted by Crippen LogP contribution is -2.35. The first-order valence-electron chi connectivity index (χ1n) is 8.23. The smallest absolute Gasteiger partial charge is 0.247 e. The second-order valence-electron chi connectivity index (χ2n) is 5.89. The number of carbonyl (C=O) groups is 1. The molecule has 2 atom stereocenters. The first-order chi connectivity index (χ1) is 12.2. The van der Waals surface area contributed by atoms with E-state index in [0.717, 1.165) is 5.56 Å². The second-order valence-corrected chi connectivity index (χ2v) is 5.89. The summed E-state index contributed by atoms with van der Waals surface area (Å²) in [6.45, 7) is 2.79. The van der Waals surface area contributed by atoms with Crippen molar-refractivity contribution >= 4 is 11.7 Å². The number of amides is 1. The average Bonchev–Trinajstić information content (AvgIpc) is 3.17. The van der Waals surface area contributed by atoms with E-state index in [1.807, 2.05) is 30.3 Å². The standard InChI is InChI=1S/C19H21N5O/c1-14(15-7-3-2-4-8-15)11-21-18(16-12-22-23-13-16)19(25)24-17-9-5-6-10-20-17/h2-10,12-14,18,21H,11H2,1H3,(H,22,23)(H,20,24,25)/t14?,18-/m0/s1. The molecule has 0 saturated carbocycles. The summed E-state index contributed by atoms with van der Waals surface area (Å²) in [6, 6.07) is 15.1. The molecule has 0 aliphatic rings. The fourth-order valence-electron chi connectivity index (χ4n) is 2.61. The van der Waals surface area contributed by atoms with Gasteiger partial charge >= 0.3 is 0 Å². The summed E-state index contributed by atoms with van der Waals surface area (Å²) < 4.78 is 0. The third-order valence-electron chi connectivity index (χ3n) is 4.03. The van der Waals surface area contributed by atoms with Crippen molar-refractivity contribution in [3.63, 3.8) is 0 Å². The maximum Gasteiger partial charge on any atom is 0.247 e. The summed E-state index contributed by atoms with van der Waals surface area (Å²) >= 11 is 0. The number of hydrogen-bond acceptors (Lipinski definition) is 4. The minimum atomic E-state index is -0.507. The maximum absolute atomic E-state index is 12.7. The molecule has 0 fully saturated rings. The van der Waals surface area contributed by atoms with E-state index in [1.54, 1.807) is 24.7 Å². The van der Waals surface area contributed by atoms with Crippen LogP contribution in [0.5, 0.6) is 0 Å². The van der Waals surface area contributed by atoms with Crippen LogP contribution in [0.4, 0.5) is 5.82 Å². The summed E-state index contributed by atoms with van der Waals surface area (Å²) in [5, 5.41) is 12.9. The third kappa shape index (κ3) is 4.51. The van der Waals surface area contributed by atoms with Gasteiger partial charge in [-0.2, -0.15) is 5.10 Å². The number of aromatic nitrogens is 3. The van der Waals surface area contributed by atoms with Gasteiger partial charge in [-0.1, -0.05) is 43.3 Å². The van der Waals surface area contributed by atoms with Crippen LogP contribution in [0.1, 0.15) is 30.0 Å². The molecule has 0 spiro atoms. The molecule has 3 N–H and O–H groups in total. The number of anilines is 1. The van der Waals surface area contributed by atoms with Gasteiger partial charge in [0.05, 0.1) is 6.20 Å². The number of carbonyl (C=O) groups excluding carboxylic acids is 1. The van der Waals surface area contributed by atoms with Crippen molar-refractivity contribution in [2.75, 3.05) is 11.9 Å². The zero-order valence-electron chi connectivity index (χ0n) is 14.0. The van der Waals surface area contributed by atoms with Crippen LogP contribution >= 0.6 is 0 Å². The second kappa shape index (κ2) is 8.21. The van der Waals surface area contributed by atoms with E-state index in [1.165, 1.54) is 5.56 Å². The predicted octanol–water partition coefficient (Wildman–Crippen LogP) is 2.88. The Hall–Kier alpha value is -2.99. The molecule has 0 saturated heterocycles.